The molecule has 0 spiro atoms. The zero-order valence-corrected chi connectivity index (χ0v) is 19.2. The molecule has 34 heavy (non-hydrogen) atoms. The number of hydrogen-bond acceptors (Lipinski definition) is 4. The predicted molar refractivity (Wildman–Crippen MR) is 139 cm³/mol. The van der Waals surface area contributed by atoms with Gasteiger partial charge >= 0.3 is 0 Å². The number of benzene rings is 4. The van der Waals surface area contributed by atoms with Gasteiger partial charge in [0.2, 0.25) is 0 Å². The standard InChI is InChI=1S/C29H25N3O2/c1-3-20(2)34-27-18-17-21-11-7-8-14-23(21)25(27)19-30-32-28(22-12-5-4-6-13-22)31-26-16-10-9-15-24(26)29(32)33/h4-20H,3H2,1-2H3/t20-/m1/s1. The Morgan fingerprint density at radius 2 is 1.62 bits per heavy atom. The summed E-state index contributed by atoms with van der Waals surface area (Å²) in [5.41, 5.74) is 2.07. The molecule has 5 heteroatoms. The lowest BCUT2D eigenvalue weighted by Crippen LogP contribution is -2.20. The van der Waals surface area contributed by atoms with Gasteiger partial charge in [0.05, 0.1) is 23.2 Å². The fourth-order valence-electron chi connectivity index (χ4n) is 3.93. The third-order valence-corrected chi connectivity index (χ3v) is 5.92. The maximum atomic E-state index is 13.5. The second-order valence-corrected chi connectivity index (χ2v) is 8.22. The largest absolute Gasteiger partial charge is 0.490 e. The normalized spacial score (nSPS) is 12.4. The van der Waals surface area contributed by atoms with Crippen LogP contribution < -0.4 is 10.3 Å². The van der Waals surface area contributed by atoms with Gasteiger partial charge in [0.15, 0.2) is 5.82 Å². The van der Waals surface area contributed by atoms with Crippen molar-refractivity contribution in [1.29, 1.82) is 0 Å². The zero-order chi connectivity index (χ0) is 23.5. The Kier molecular flexibility index (Phi) is 5.91. The molecule has 0 aliphatic carbocycles. The van der Waals surface area contributed by atoms with Crippen molar-refractivity contribution in [1.82, 2.24) is 9.66 Å². The van der Waals surface area contributed by atoms with E-state index in [4.69, 9.17) is 9.72 Å². The van der Waals surface area contributed by atoms with Crippen LogP contribution in [0.15, 0.2) is 101 Å². The highest BCUT2D eigenvalue weighted by Crippen LogP contribution is 2.28. The number of fused-ring (bicyclic) bond motifs is 2. The topological polar surface area (TPSA) is 56.5 Å². The monoisotopic (exact) mass is 447 g/mol. The van der Waals surface area contributed by atoms with Crippen molar-refractivity contribution >= 4 is 27.9 Å². The van der Waals surface area contributed by atoms with Crippen molar-refractivity contribution in [2.24, 2.45) is 5.10 Å². The van der Waals surface area contributed by atoms with Gasteiger partial charge in [0, 0.05) is 11.1 Å². The number of aromatic nitrogens is 2. The van der Waals surface area contributed by atoms with Gasteiger partial charge in [-0.15, -0.1) is 0 Å². The third-order valence-electron chi connectivity index (χ3n) is 5.92. The van der Waals surface area contributed by atoms with Crippen LogP contribution in [0.4, 0.5) is 0 Å². The molecular weight excluding hydrogens is 422 g/mol. The van der Waals surface area contributed by atoms with Crippen LogP contribution in [0.25, 0.3) is 33.1 Å². The van der Waals surface area contributed by atoms with Crippen LogP contribution >= 0.6 is 0 Å². The molecule has 5 aromatic rings. The first-order valence-electron chi connectivity index (χ1n) is 11.5. The summed E-state index contributed by atoms with van der Waals surface area (Å²) in [7, 11) is 0. The lowest BCUT2D eigenvalue weighted by Gasteiger charge is -2.16. The van der Waals surface area contributed by atoms with E-state index in [1.807, 2.05) is 85.8 Å². The van der Waals surface area contributed by atoms with Crippen molar-refractivity contribution in [3.8, 4) is 17.1 Å². The molecule has 0 aliphatic rings. The third kappa shape index (κ3) is 4.08. The summed E-state index contributed by atoms with van der Waals surface area (Å²) < 4.78 is 7.59. The molecule has 1 heterocycles. The van der Waals surface area contributed by atoms with Crippen LogP contribution in [-0.2, 0) is 0 Å². The van der Waals surface area contributed by atoms with E-state index in [1.165, 1.54) is 4.68 Å². The van der Waals surface area contributed by atoms with E-state index in [1.54, 1.807) is 12.3 Å². The minimum Gasteiger partial charge on any atom is -0.490 e. The number of hydrogen-bond donors (Lipinski definition) is 0. The highest BCUT2D eigenvalue weighted by atomic mass is 16.5. The van der Waals surface area contributed by atoms with E-state index in [0.717, 1.165) is 34.1 Å². The lowest BCUT2D eigenvalue weighted by molar-refractivity contribution is 0.217. The number of para-hydroxylation sites is 1. The van der Waals surface area contributed by atoms with Crippen LogP contribution in [0.3, 0.4) is 0 Å². The summed E-state index contributed by atoms with van der Waals surface area (Å²) in [6, 6.07) is 29.1. The molecule has 0 amide bonds. The Balaban J connectivity index is 1.73. The van der Waals surface area contributed by atoms with E-state index in [2.05, 4.69) is 18.1 Å². The zero-order valence-electron chi connectivity index (χ0n) is 19.2. The SMILES string of the molecule is CC[C@@H](C)Oc1ccc2ccccc2c1C=Nn1c(-c2ccccc2)nc2ccccc2c1=O. The Morgan fingerprint density at radius 1 is 0.912 bits per heavy atom. The summed E-state index contributed by atoms with van der Waals surface area (Å²) in [6.07, 6.45) is 2.65. The average molecular weight is 448 g/mol. The van der Waals surface area contributed by atoms with Crippen molar-refractivity contribution in [3.05, 3.63) is 107 Å². The lowest BCUT2D eigenvalue weighted by atomic mass is 10.0. The van der Waals surface area contributed by atoms with E-state index >= 15 is 0 Å². The maximum Gasteiger partial charge on any atom is 0.282 e. The summed E-state index contributed by atoms with van der Waals surface area (Å²) >= 11 is 0. The summed E-state index contributed by atoms with van der Waals surface area (Å²) in [5.74, 6) is 1.23. The molecule has 0 unspecified atom stereocenters. The van der Waals surface area contributed by atoms with Crippen molar-refractivity contribution in [2.45, 2.75) is 26.4 Å². The van der Waals surface area contributed by atoms with E-state index in [0.29, 0.717) is 16.7 Å². The maximum absolute atomic E-state index is 13.5. The molecule has 1 atom stereocenters. The fraction of sp³-hybridized carbons (Fsp3) is 0.138. The number of rotatable bonds is 6. The van der Waals surface area contributed by atoms with Crippen LogP contribution in [0.1, 0.15) is 25.8 Å². The van der Waals surface area contributed by atoms with Gasteiger partial charge in [-0.05, 0) is 42.3 Å². The molecule has 0 radical (unpaired) electrons. The summed E-state index contributed by atoms with van der Waals surface area (Å²) in [5, 5.41) is 7.29. The van der Waals surface area contributed by atoms with Gasteiger partial charge in [-0.3, -0.25) is 4.79 Å². The fourth-order valence-corrected chi connectivity index (χ4v) is 3.93. The molecule has 1 aromatic heterocycles. The van der Waals surface area contributed by atoms with Crippen molar-refractivity contribution in [3.63, 3.8) is 0 Å². The van der Waals surface area contributed by atoms with Crippen LogP contribution in [-0.4, -0.2) is 22.0 Å². The van der Waals surface area contributed by atoms with Crippen LogP contribution in [0, 0.1) is 0 Å². The van der Waals surface area contributed by atoms with Gasteiger partial charge in [-0.2, -0.15) is 9.78 Å². The smallest absolute Gasteiger partial charge is 0.282 e. The predicted octanol–water partition coefficient (Wildman–Crippen LogP) is 6.28. The summed E-state index contributed by atoms with van der Waals surface area (Å²) in [6.45, 7) is 4.13. The van der Waals surface area contributed by atoms with E-state index in [-0.39, 0.29) is 11.7 Å². The van der Waals surface area contributed by atoms with Gasteiger partial charge in [0.1, 0.15) is 5.75 Å². The highest BCUT2D eigenvalue weighted by Gasteiger charge is 2.14. The average Bonchev–Trinajstić information content (AvgIpc) is 2.89. The van der Waals surface area contributed by atoms with Crippen LogP contribution in [0.5, 0.6) is 5.75 Å². The van der Waals surface area contributed by atoms with Gasteiger partial charge in [-0.25, -0.2) is 4.98 Å². The first kappa shape index (κ1) is 21.6. The van der Waals surface area contributed by atoms with Crippen molar-refractivity contribution in [2.75, 3.05) is 0 Å². The molecule has 0 bridgehead atoms. The molecule has 5 rings (SSSR count). The minimum atomic E-state index is -0.217. The molecule has 0 fully saturated rings. The van der Waals surface area contributed by atoms with Gasteiger partial charge < -0.3 is 4.74 Å². The Hall–Kier alpha value is -4.25. The highest BCUT2D eigenvalue weighted by molar-refractivity contribution is 6.02. The molecule has 4 aromatic carbocycles. The minimum absolute atomic E-state index is 0.0539. The molecular formula is C29H25N3O2. The van der Waals surface area contributed by atoms with E-state index in [9.17, 15) is 4.79 Å². The Morgan fingerprint density at radius 3 is 2.41 bits per heavy atom. The Bertz CT molecular complexity index is 1560. The second kappa shape index (κ2) is 9.32. The first-order chi connectivity index (χ1) is 16.7. The molecule has 168 valence electrons. The molecule has 5 nitrogen and oxygen atoms in total. The molecule has 0 aliphatic heterocycles. The first-order valence-corrected chi connectivity index (χ1v) is 11.5. The molecule has 0 N–H and O–H groups in total. The second-order valence-electron chi connectivity index (χ2n) is 8.22. The quantitative estimate of drug-likeness (QED) is 0.288. The Labute approximate surface area is 198 Å². The summed E-state index contributed by atoms with van der Waals surface area (Å²) in [4.78, 5) is 18.3. The van der Waals surface area contributed by atoms with Crippen molar-refractivity contribution < 1.29 is 4.74 Å². The number of nitrogens with zero attached hydrogens (tertiary/aromatic N) is 3. The van der Waals surface area contributed by atoms with E-state index < -0.39 is 0 Å². The van der Waals surface area contributed by atoms with Gasteiger partial charge in [0.25, 0.3) is 5.56 Å². The molecule has 0 saturated heterocycles. The van der Waals surface area contributed by atoms with Crippen LogP contribution in [0.2, 0.25) is 0 Å². The van der Waals surface area contributed by atoms with Gasteiger partial charge in [-0.1, -0.05) is 79.7 Å². The number of ether oxygens (including phenoxy) is 1. The molecule has 0 saturated carbocycles.